The third-order valence-corrected chi connectivity index (χ3v) is 1.90. The van der Waals surface area contributed by atoms with Crippen LogP contribution in [0.4, 0.5) is 0 Å². The molecule has 3 nitrogen and oxygen atoms in total. The Labute approximate surface area is 54.8 Å². The first-order valence-electron chi connectivity index (χ1n) is 2.19. The summed E-state index contributed by atoms with van der Waals surface area (Å²) in [5.41, 5.74) is 0. The Kier molecular flexibility index (Phi) is 3.87. The Morgan fingerprint density at radius 2 is 2.38 bits per heavy atom. The van der Waals surface area contributed by atoms with Crippen molar-refractivity contribution in [1.82, 2.24) is 4.33 Å². The minimum atomic E-state index is -0.784. The van der Waals surface area contributed by atoms with E-state index in [1.54, 1.807) is 6.92 Å². The fourth-order valence-electron chi connectivity index (χ4n) is 0.227. The first-order valence-corrected chi connectivity index (χ1v) is 4.76. The number of hydrogen-bond acceptors (Lipinski definition) is 2. The van der Waals surface area contributed by atoms with E-state index in [9.17, 15) is 4.79 Å². The molecule has 0 heterocycles. The Morgan fingerprint density at radius 3 is 2.50 bits per heavy atom. The SMILES string of the molecule is C[Se]N[C@@H](C)C(=O)O. The minimum absolute atomic E-state index is 0.248. The molecule has 0 aliphatic heterocycles. The normalized spacial score (nSPS) is 13.2. The molecule has 0 amide bonds. The molecule has 0 saturated heterocycles. The van der Waals surface area contributed by atoms with Gasteiger partial charge in [0.1, 0.15) is 0 Å². The quantitative estimate of drug-likeness (QED) is 0.590. The average Bonchev–Trinajstić information content (AvgIpc) is 1.67. The maximum absolute atomic E-state index is 10.0. The average molecular weight is 182 g/mol. The molecule has 2 N–H and O–H groups in total. The number of carbonyl (C=O) groups is 1. The molecular formula is C4H9NO2Se. The number of hydrogen-bond donors (Lipinski definition) is 2. The van der Waals surface area contributed by atoms with Gasteiger partial charge in [0, 0.05) is 0 Å². The van der Waals surface area contributed by atoms with Crippen molar-refractivity contribution in [2.45, 2.75) is 18.8 Å². The van der Waals surface area contributed by atoms with Crippen LogP contribution < -0.4 is 4.33 Å². The van der Waals surface area contributed by atoms with Crippen molar-refractivity contribution < 1.29 is 9.90 Å². The molecule has 8 heavy (non-hydrogen) atoms. The summed E-state index contributed by atoms with van der Waals surface area (Å²) in [5.74, 6) is 1.15. The van der Waals surface area contributed by atoms with E-state index in [4.69, 9.17) is 5.11 Å². The van der Waals surface area contributed by atoms with E-state index in [1.165, 1.54) is 0 Å². The molecular weight excluding hydrogens is 173 g/mol. The summed E-state index contributed by atoms with van der Waals surface area (Å²) in [6.45, 7) is 1.63. The second-order valence-electron chi connectivity index (χ2n) is 1.38. The summed E-state index contributed by atoms with van der Waals surface area (Å²) in [6.07, 6.45) is 0. The zero-order valence-electron chi connectivity index (χ0n) is 4.84. The number of carboxylic acids is 1. The van der Waals surface area contributed by atoms with Crippen molar-refractivity contribution in [1.29, 1.82) is 0 Å². The van der Waals surface area contributed by atoms with Gasteiger partial charge in [-0.1, -0.05) is 0 Å². The van der Waals surface area contributed by atoms with E-state index in [0.717, 1.165) is 0 Å². The van der Waals surface area contributed by atoms with Gasteiger partial charge in [-0.3, -0.25) is 0 Å². The Morgan fingerprint density at radius 1 is 1.88 bits per heavy atom. The fraction of sp³-hybridized carbons (Fsp3) is 0.750. The van der Waals surface area contributed by atoms with Gasteiger partial charge in [-0.15, -0.1) is 0 Å². The zero-order valence-corrected chi connectivity index (χ0v) is 6.55. The predicted molar refractivity (Wildman–Crippen MR) is 31.9 cm³/mol. The first-order chi connectivity index (χ1) is 3.68. The predicted octanol–water partition coefficient (Wildman–Crippen LogP) is -0.284. The molecule has 0 aromatic heterocycles. The van der Waals surface area contributed by atoms with Crippen molar-refractivity contribution in [3.63, 3.8) is 0 Å². The van der Waals surface area contributed by atoms with Crippen molar-refractivity contribution in [3.8, 4) is 0 Å². The van der Waals surface area contributed by atoms with E-state index in [2.05, 4.69) is 4.33 Å². The van der Waals surface area contributed by atoms with Crippen LogP contribution in [0.1, 0.15) is 6.92 Å². The van der Waals surface area contributed by atoms with E-state index in [0.29, 0.717) is 0 Å². The van der Waals surface area contributed by atoms with E-state index < -0.39 is 5.97 Å². The molecule has 0 unspecified atom stereocenters. The van der Waals surface area contributed by atoms with Gasteiger partial charge in [-0.05, 0) is 0 Å². The number of carboxylic acid groups (broad SMARTS) is 1. The van der Waals surface area contributed by atoms with Gasteiger partial charge in [-0.25, -0.2) is 0 Å². The summed E-state index contributed by atoms with van der Waals surface area (Å²) in [7, 11) is 0. The third kappa shape index (κ3) is 3.02. The molecule has 0 aromatic rings. The standard InChI is InChI=1S/C4H9NO2Se/c1-3(4(6)7)5-8-2/h3,5H,1-2H3,(H,6,7)/t3-/m0/s1. The van der Waals surface area contributed by atoms with Crippen molar-refractivity contribution >= 4 is 21.1 Å². The number of rotatable bonds is 3. The van der Waals surface area contributed by atoms with Gasteiger partial charge in [0.15, 0.2) is 0 Å². The van der Waals surface area contributed by atoms with Crippen LogP contribution in [-0.4, -0.2) is 32.3 Å². The first kappa shape index (κ1) is 7.95. The van der Waals surface area contributed by atoms with Crippen LogP contribution in [0.2, 0.25) is 5.82 Å². The van der Waals surface area contributed by atoms with Crippen LogP contribution in [-0.2, 0) is 4.79 Å². The summed E-state index contributed by atoms with van der Waals surface area (Å²) in [4.78, 5) is 10.0. The zero-order chi connectivity index (χ0) is 6.57. The second kappa shape index (κ2) is 3.89. The van der Waals surface area contributed by atoms with Gasteiger partial charge in [0.25, 0.3) is 0 Å². The van der Waals surface area contributed by atoms with Crippen LogP contribution in [0, 0.1) is 0 Å². The van der Waals surface area contributed by atoms with Gasteiger partial charge < -0.3 is 0 Å². The van der Waals surface area contributed by atoms with Crippen molar-refractivity contribution in [3.05, 3.63) is 0 Å². The van der Waals surface area contributed by atoms with Gasteiger partial charge >= 0.3 is 54.2 Å². The maximum atomic E-state index is 10.0. The Balaban J connectivity index is 3.32. The summed E-state index contributed by atoms with van der Waals surface area (Å²) in [6, 6.07) is -0.389. The molecule has 4 heteroatoms. The molecule has 0 bridgehead atoms. The Bertz CT molecular complexity index is 86.1. The third-order valence-electron chi connectivity index (χ3n) is 0.665. The molecule has 0 spiro atoms. The van der Waals surface area contributed by atoms with E-state index >= 15 is 0 Å². The Hall–Kier alpha value is -0.0505. The number of aliphatic carboxylic acids is 1. The second-order valence-corrected chi connectivity index (χ2v) is 2.73. The molecule has 0 saturated carbocycles. The molecule has 0 aliphatic carbocycles. The van der Waals surface area contributed by atoms with Gasteiger partial charge in [0.05, 0.1) is 0 Å². The number of nitrogens with one attached hydrogen (secondary N) is 1. The molecule has 0 aliphatic rings. The van der Waals surface area contributed by atoms with Crippen molar-refractivity contribution in [2.75, 3.05) is 0 Å². The van der Waals surface area contributed by atoms with Crippen LogP contribution in [0.15, 0.2) is 0 Å². The fourth-order valence-corrected chi connectivity index (χ4v) is 1.18. The van der Waals surface area contributed by atoms with E-state index in [1.807, 2.05) is 5.82 Å². The van der Waals surface area contributed by atoms with Crippen molar-refractivity contribution in [2.24, 2.45) is 0 Å². The monoisotopic (exact) mass is 183 g/mol. The molecule has 1 atom stereocenters. The van der Waals surface area contributed by atoms with Crippen LogP contribution in [0.5, 0.6) is 0 Å². The molecule has 0 fully saturated rings. The van der Waals surface area contributed by atoms with Crippen LogP contribution >= 0.6 is 0 Å². The molecule has 0 rings (SSSR count). The molecule has 0 aromatic carbocycles. The van der Waals surface area contributed by atoms with Gasteiger partial charge in [0.2, 0.25) is 0 Å². The van der Waals surface area contributed by atoms with Crippen LogP contribution in [0.3, 0.4) is 0 Å². The summed E-state index contributed by atoms with van der Waals surface area (Å²) < 4.78 is 2.81. The molecule has 0 radical (unpaired) electrons. The van der Waals surface area contributed by atoms with Gasteiger partial charge in [-0.2, -0.15) is 0 Å². The topological polar surface area (TPSA) is 49.3 Å². The summed E-state index contributed by atoms with van der Waals surface area (Å²) >= 11 is 0.248. The van der Waals surface area contributed by atoms with E-state index in [-0.39, 0.29) is 21.2 Å². The summed E-state index contributed by atoms with van der Waals surface area (Å²) in [5, 5.41) is 8.26. The molecule has 48 valence electrons. The van der Waals surface area contributed by atoms with Crippen LogP contribution in [0.25, 0.3) is 0 Å².